The summed E-state index contributed by atoms with van der Waals surface area (Å²) in [6.07, 6.45) is 1.74. The summed E-state index contributed by atoms with van der Waals surface area (Å²) in [5, 5.41) is 0. The number of aryl methyl sites for hydroxylation is 2. The number of nitrogens with zero attached hydrogens (tertiary/aromatic N) is 8. The molecule has 0 aliphatic carbocycles. The number of hydrogen-bond donors (Lipinski definition) is 0. The number of fused-ring (bicyclic) bond motifs is 3. The van der Waals surface area contributed by atoms with E-state index in [0.717, 1.165) is 65.5 Å². The van der Waals surface area contributed by atoms with Crippen molar-refractivity contribution in [2.24, 2.45) is 25.9 Å². The molecule has 2 aliphatic rings. The van der Waals surface area contributed by atoms with Crippen LogP contribution in [0.1, 0.15) is 34.6 Å². The lowest BCUT2D eigenvalue weighted by atomic mass is 10.0. The summed E-state index contributed by atoms with van der Waals surface area (Å²) in [6.45, 7) is 17.9. The molecule has 3 unspecified atom stereocenters. The molecule has 6 rings (SSSR count). The van der Waals surface area contributed by atoms with E-state index in [1.54, 1.807) is 29.6 Å². The molecule has 11 heteroatoms. The second kappa shape index (κ2) is 9.97. The SMILES string of the molecule is C=C(OC(C)(C)C)N1CC2CN(c3nc(-c4ccc5c(c4)n(C)c(=O)n5C)c4ncn(P)c4n3)CC2C1.CC. The molecule has 39 heavy (non-hydrogen) atoms. The molecule has 208 valence electrons. The van der Waals surface area contributed by atoms with Crippen LogP contribution in [0.25, 0.3) is 33.5 Å². The van der Waals surface area contributed by atoms with Gasteiger partial charge in [-0.2, -0.15) is 4.98 Å². The molecule has 0 spiro atoms. The van der Waals surface area contributed by atoms with Crippen molar-refractivity contribution in [2.75, 3.05) is 31.1 Å². The Morgan fingerprint density at radius 3 is 2.31 bits per heavy atom. The fraction of sp³-hybridized carbons (Fsp3) is 0.500. The topological polar surface area (TPSA) is 86.2 Å². The Bertz CT molecular complexity index is 1600. The monoisotopic (exact) mass is 550 g/mol. The number of likely N-dealkylation sites (tertiary alicyclic amines) is 1. The van der Waals surface area contributed by atoms with Crippen molar-refractivity contribution in [2.45, 2.75) is 40.2 Å². The van der Waals surface area contributed by atoms with Crippen LogP contribution in [0.2, 0.25) is 0 Å². The highest BCUT2D eigenvalue weighted by Gasteiger charge is 2.42. The minimum absolute atomic E-state index is 0.0526. The van der Waals surface area contributed by atoms with Gasteiger partial charge in [-0.05, 0) is 48.9 Å². The van der Waals surface area contributed by atoms with Crippen molar-refractivity contribution < 1.29 is 4.74 Å². The zero-order chi connectivity index (χ0) is 28.2. The first-order valence-corrected chi connectivity index (χ1v) is 14.1. The smallest absolute Gasteiger partial charge is 0.328 e. The largest absolute Gasteiger partial charge is 0.474 e. The molecule has 0 radical (unpaired) electrons. The van der Waals surface area contributed by atoms with Gasteiger partial charge < -0.3 is 14.5 Å². The Balaban J connectivity index is 0.00000151. The summed E-state index contributed by atoms with van der Waals surface area (Å²) in [5.74, 6) is 2.46. The summed E-state index contributed by atoms with van der Waals surface area (Å²) in [4.78, 5) is 31.6. The number of anilines is 1. The fourth-order valence-corrected chi connectivity index (χ4v) is 5.93. The number of aromatic nitrogens is 6. The molecule has 10 nitrogen and oxygen atoms in total. The maximum Gasteiger partial charge on any atom is 0.328 e. The first kappa shape index (κ1) is 27.2. The highest BCUT2D eigenvalue weighted by Crippen LogP contribution is 2.37. The van der Waals surface area contributed by atoms with Gasteiger partial charge in [0.05, 0.1) is 11.0 Å². The van der Waals surface area contributed by atoms with Gasteiger partial charge in [-0.1, -0.05) is 19.9 Å². The molecule has 2 fully saturated rings. The lowest BCUT2D eigenvalue weighted by Gasteiger charge is -2.30. The van der Waals surface area contributed by atoms with Crippen molar-refractivity contribution in [3.8, 4) is 11.3 Å². The van der Waals surface area contributed by atoms with Crippen molar-refractivity contribution in [1.82, 2.24) is 33.3 Å². The maximum atomic E-state index is 12.5. The Labute approximate surface area is 231 Å². The van der Waals surface area contributed by atoms with E-state index in [4.69, 9.17) is 14.7 Å². The van der Waals surface area contributed by atoms with Crippen LogP contribution in [0.4, 0.5) is 5.95 Å². The Morgan fingerprint density at radius 2 is 1.67 bits per heavy atom. The predicted octanol–water partition coefficient (Wildman–Crippen LogP) is 4.00. The summed E-state index contributed by atoms with van der Waals surface area (Å²) < 4.78 is 11.2. The zero-order valence-electron chi connectivity index (χ0n) is 24.0. The van der Waals surface area contributed by atoms with Crippen LogP contribution in [0.3, 0.4) is 0 Å². The van der Waals surface area contributed by atoms with E-state index in [9.17, 15) is 4.79 Å². The Kier molecular flexibility index (Phi) is 6.95. The molecule has 3 atom stereocenters. The molecule has 0 amide bonds. The van der Waals surface area contributed by atoms with Crippen molar-refractivity contribution >= 4 is 37.5 Å². The van der Waals surface area contributed by atoms with Crippen LogP contribution in [0.15, 0.2) is 41.8 Å². The molecule has 5 heterocycles. The minimum atomic E-state index is -0.253. The van der Waals surface area contributed by atoms with Crippen molar-refractivity contribution in [3.63, 3.8) is 0 Å². The van der Waals surface area contributed by atoms with Crippen molar-refractivity contribution in [3.05, 3.63) is 47.5 Å². The Hall–Kier alpha value is -3.39. The van der Waals surface area contributed by atoms with E-state index in [1.807, 2.05) is 57.2 Å². The molecule has 2 saturated heterocycles. The van der Waals surface area contributed by atoms with Gasteiger partial charge in [0, 0.05) is 57.7 Å². The van der Waals surface area contributed by atoms with E-state index in [0.29, 0.717) is 17.8 Å². The number of benzene rings is 1. The number of rotatable bonds is 4. The van der Waals surface area contributed by atoms with Crippen LogP contribution in [-0.2, 0) is 18.8 Å². The molecule has 0 N–H and O–H groups in total. The molecular weight excluding hydrogens is 511 g/mol. The van der Waals surface area contributed by atoms with Crippen LogP contribution >= 0.6 is 9.39 Å². The van der Waals surface area contributed by atoms with E-state index < -0.39 is 0 Å². The van der Waals surface area contributed by atoms with Gasteiger partial charge in [-0.15, -0.1) is 0 Å². The van der Waals surface area contributed by atoms with E-state index in [-0.39, 0.29) is 11.3 Å². The van der Waals surface area contributed by atoms with Gasteiger partial charge in [0.1, 0.15) is 23.1 Å². The third-order valence-electron chi connectivity index (χ3n) is 7.50. The molecular formula is C28H39N8O2P. The average Bonchev–Trinajstić information content (AvgIpc) is 3.64. The normalized spacial score (nSPS) is 19.0. The molecule has 4 aromatic rings. The maximum absolute atomic E-state index is 12.5. The summed E-state index contributed by atoms with van der Waals surface area (Å²) >= 11 is 0. The lowest BCUT2D eigenvalue weighted by molar-refractivity contribution is 0.00729. The molecule has 0 saturated carbocycles. The number of imidazole rings is 2. The van der Waals surface area contributed by atoms with E-state index in [2.05, 4.69) is 30.8 Å². The minimum Gasteiger partial charge on any atom is -0.474 e. The van der Waals surface area contributed by atoms with Gasteiger partial charge in [-0.3, -0.25) is 13.5 Å². The fourth-order valence-electron chi connectivity index (χ4n) is 5.68. The molecule has 2 aliphatic heterocycles. The molecule has 0 bridgehead atoms. The predicted molar refractivity (Wildman–Crippen MR) is 160 cm³/mol. The van der Waals surface area contributed by atoms with E-state index in [1.165, 1.54) is 0 Å². The van der Waals surface area contributed by atoms with Gasteiger partial charge in [0.2, 0.25) is 5.95 Å². The average molecular weight is 551 g/mol. The van der Waals surface area contributed by atoms with Gasteiger partial charge in [-0.25, -0.2) is 14.8 Å². The zero-order valence-corrected chi connectivity index (χ0v) is 25.1. The molecule has 1 aromatic carbocycles. The number of ether oxygens (including phenoxy) is 1. The van der Waals surface area contributed by atoms with Crippen LogP contribution in [-0.4, -0.2) is 65.1 Å². The Morgan fingerprint density at radius 1 is 1.03 bits per heavy atom. The van der Waals surface area contributed by atoms with Crippen molar-refractivity contribution in [1.29, 1.82) is 0 Å². The quantitative estimate of drug-likeness (QED) is 0.280. The highest BCUT2D eigenvalue weighted by atomic mass is 31.0. The van der Waals surface area contributed by atoms with Crippen LogP contribution in [0, 0.1) is 11.8 Å². The third kappa shape index (κ3) is 4.80. The van der Waals surface area contributed by atoms with Crippen LogP contribution in [0.5, 0.6) is 0 Å². The number of hydrogen-bond acceptors (Lipinski definition) is 7. The van der Waals surface area contributed by atoms with Gasteiger partial charge in [0.15, 0.2) is 11.5 Å². The van der Waals surface area contributed by atoms with Crippen LogP contribution < -0.4 is 10.6 Å². The van der Waals surface area contributed by atoms with E-state index >= 15 is 0 Å². The lowest BCUT2D eigenvalue weighted by Crippen LogP contribution is -2.32. The summed E-state index contributed by atoms with van der Waals surface area (Å²) in [5.41, 5.74) is 4.61. The first-order chi connectivity index (χ1) is 18.5. The van der Waals surface area contributed by atoms with Gasteiger partial charge in [0.25, 0.3) is 0 Å². The third-order valence-corrected chi connectivity index (χ3v) is 7.88. The summed E-state index contributed by atoms with van der Waals surface area (Å²) in [6, 6.07) is 5.99. The highest BCUT2D eigenvalue weighted by molar-refractivity contribution is 7.14. The molecule has 3 aromatic heterocycles. The first-order valence-electron chi connectivity index (χ1n) is 13.5. The second-order valence-corrected chi connectivity index (χ2v) is 11.8. The second-order valence-electron chi connectivity index (χ2n) is 11.2. The standard InChI is InChI=1S/C26H33N8O2P.C2H6/c1-15(36-26(2,3)4)32-10-17-12-33(13-18(17)11-32)24-28-21(22-23(29-24)34(37)14-27-22)16-7-8-19-20(9-16)31(6)25(35)30(19)5;1-2/h7-9,14,17-18H,1,10-13,37H2,2-6H3;1-2H3. The van der Waals surface area contributed by atoms with Gasteiger partial charge >= 0.3 is 5.69 Å². The summed E-state index contributed by atoms with van der Waals surface area (Å²) in [7, 11) is 6.24.